The molecule has 0 aromatic heterocycles. The molecule has 0 aliphatic carbocycles. The van der Waals surface area contributed by atoms with Crippen molar-refractivity contribution in [2.24, 2.45) is 5.41 Å². The Balaban J connectivity index is 1.69. The molecule has 0 saturated carbocycles. The third kappa shape index (κ3) is 2.41. The van der Waals surface area contributed by atoms with Gasteiger partial charge in [0, 0.05) is 13.1 Å². The number of ether oxygens (including phenoxy) is 2. The second-order valence-corrected chi connectivity index (χ2v) is 5.74. The van der Waals surface area contributed by atoms with E-state index in [1.807, 2.05) is 12.1 Å². The molecule has 21 heavy (non-hydrogen) atoms. The predicted octanol–water partition coefficient (Wildman–Crippen LogP) is 1.15. The van der Waals surface area contributed by atoms with Crippen molar-refractivity contribution in [1.29, 1.82) is 0 Å². The quantitative estimate of drug-likeness (QED) is 0.884. The van der Waals surface area contributed by atoms with Gasteiger partial charge in [-0.15, -0.1) is 0 Å². The average Bonchev–Trinajstić information content (AvgIpc) is 2.90. The third-order valence-electron chi connectivity index (χ3n) is 4.09. The minimum Gasteiger partial charge on any atom is -0.485 e. The molecule has 2 aliphatic heterocycles. The van der Waals surface area contributed by atoms with E-state index in [0.717, 1.165) is 0 Å². The molecule has 3 rings (SSSR count). The van der Waals surface area contributed by atoms with Gasteiger partial charge in [0.25, 0.3) is 5.91 Å². The summed E-state index contributed by atoms with van der Waals surface area (Å²) in [4.78, 5) is 25.2. The van der Waals surface area contributed by atoms with Crippen LogP contribution in [0.1, 0.15) is 13.3 Å². The summed E-state index contributed by atoms with van der Waals surface area (Å²) in [5.74, 6) is 0.0825. The van der Waals surface area contributed by atoms with E-state index in [0.29, 0.717) is 24.5 Å². The van der Waals surface area contributed by atoms with E-state index in [1.54, 1.807) is 24.0 Å². The Kier molecular flexibility index (Phi) is 3.23. The van der Waals surface area contributed by atoms with Crippen LogP contribution in [0.4, 0.5) is 0 Å². The van der Waals surface area contributed by atoms with Crippen LogP contribution >= 0.6 is 0 Å². The smallest absolute Gasteiger partial charge is 0.311 e. The summed E-state index contributed by atoms with van der Waals surface area (Å²) in [5, 5.41) is 9.22. The second kappa shape index (κ2) is 4.95. The Labute approximate surface area is 122 Å². The van der Waals surface area contributed by atoms with Crippen molar-refractivity contribution in [2.45, 2.75) is 19.4 Å². The molecule has 1 amide bonds. The van der Waals surface area contributed by atoms with Crippen LogP contribution in [0.15, 0.2) is 24.3 Å². The van der Waals surface area contributed by atoms with E-state index in [9.17, 15) is 14.7 Å². The number of carbonyl (C=O) groups is 2. The SMILES string of the molecule is C[C@@]1(C(=O)O)CCN(C(=O)[C@@H]2COc3ccccc3O2)C1. The summed E-state index contributed by atoms with van der Waals surface area (Å²) in [6.07, 6.45) is -0.255. The third-order valence-corrected chi connectivity index (χ3v) is 4.09. The molecule has 2 heterocycles. The maximum Gasteiger partial charge on any atom is 0.311 e. The van der Waals surface area contributed by atoms with E-state index in [2.05, 4.69) is 0 Å². The van der Waals surface area contributed by atoms with E-state index in [1.165, 1.54) is 0 Å². The van der Waals surface area contributed by atoms with Crippen LogP contribution in [0.5, 0.6) is 11.5 Å². The summed E-state index contributed by atoms with van der Waals surface area (Å²) in [7, 11) is 0. The summed E-state index contributed by atoms with van der Waals surface area (Å²) in [6, 6.07) is 7.18. The molecule has 112 valence electrons. The Morgan fingerprint density at radius 1 is 1.33 bits per heavy atom. The highest BCUT2D eigenvalue weighted by atomic mass is 16.6. The van der Waals surface area contributed by atoms with Crippen molar-refractivity contribution in [3.8, 4) is 11.5 Å². The summed E-state index contributed by atoms with van der Waals surface area (Å²) >= 11 is 0. The lowest BCUT2D eigenvalue weighted by Gasteiger charge is -2.29. The maximum atomic E-state index is 12.4. The fraction of sp³-hybridized carbons (Fsp3) is 0.467. The molecular weight excluding hydrogens is 274 g/mol. The number of fused-ring (bicyclic) bond motifs is 1. The molecule has 0 radical (unpaired) electrons. The predicted molar refractivity (Wildman–Crippen MR) is 73.3 cm³/mol. The highest BCUT2D eigenvalue weighted by molar-refractivity contribution is 5.84. The molecule has 1 aromatic rings. The highest BCUT2D eigenvalue weighted by Crippen LogP contribution is 2.34. The maximum absolute atomic E-state index is 12.4. The molecule has 1 N–H and O–H groups in total. The number of amides is 1. The number of nitrogens with zero attached hydrogens (tertiary/aromatic N) is 1. The first-order valence-corrected chi connectivity index (χ1v) is 6.90. The molecule has 6 nitrogen and oxygen atoms in total. The fourth-order valence-corrected chi connectivity index (χ4v) is 2.67. The van der Waals surface area contributed by atoms with E-state index in [-0.39, 0.29) is 19.1 Å². The van der Waals surface area contributed by atoms with Gasteiger partial charge in [-0.1, -0.05) is 12.1 Å². The normalized spacial score (nSPS) is 27.5. The minimum absolute atomic E-state index is 0.149. The van der Waals surface area contributed by atoms with Gasteiger partial charge in [-0.25, -0.2) is 0 Å². The lowest BCUT2D eigenvalue weighted by molar-refractivity contribution is -0.148. The standard InChI is InChI=1S/C15H17NO5/c1-15(14(18)19)6-7-16(9-15)13(17)12-8-20-10-4-2-3-5-11(10)21-12/h2-5,12H,6-9H2,1H3,(H,18,19)/t12-,15+/m0/s1. The van der Waals surface area contributed by atoms with E-state index in [4.69, 9.17) is 9.47 Å². The van der Waals surface area contributed by atoms with Gasteiger partial charge < -0.3 is 19.5 Å². The molecule has 1 saturated heterocycles. The fourth-order valence-electron chi connectivity index (χ4n) is 2.67. The molecule has 2 atom stereocenters. The Bertz CT molecular complexity index is 587. The van der Waals surface area contributed by atoms with Crippen molar-refractivity contribution in [3.63, 3.8) is 0 Å². The highest BCUT2D eigenvalue weighted by Gasteiger charge is 2.44. The average molecular weight is 291 g/mol. The van der Waals surface area contributed by atoms with Gasteiger partial charge >= 0.3 is 5.97 Å². The number of para-hydroxylation sites is 2. The first-order valence-electron chi connectivity index (χ1n) is 6.90. The first-order chi connectivity index (χ1) is 9.99. The van der Waals surface area contributed by atoms with Crippen molar-refractivity contribution in [3.05, 3.63) is 24.3 Å². The first kappa shape index (κ1) is 13.7. The molecular formula is C15H17NO5. The van der Waals surface area contributed by atoms with Crippen LogP contribution in [-0.2, 0) is 9.59 Å². The van der Waals surface area contributed by atoms with Gasteiger partial charge in [-0.2, -0.15) is 0 Å². The second-order valence-electron chi connectivity index (χ2n) is 5.74. The number of carboxylic acid groups (broad SMARTS) is 1. The van der Waals surface area contributed by atoms with Crippen LogP contribution < -0.4 is 9.47 Å². The van der Waals surface area contributed by atoms with Gasteiger partial charge in [0.1, 0.15) is 6.61 Å². The molecule has 6 heteroatoms. The van der Waals surface area contributed by atoms with Gasteiger partial charge in [0.15, 0.2) is 11.5 Å². The summed E-state index contributed by atoms with van der Waals surface area (Å²) in [5.41, 5.74) is -0.872. The molecule has 0 spiro atoms. The molecule has 0 bridgehead atoms. The lowest BCUT2D eigenvalue weighted by atomic mass is 9.90. The zero-order valence-corrected chi connectivity index (χ0v) is 11.7. The zero-order valence-electron chi connectivity index (χ0n) is 11.7. The Morgan fingerprint density at radius 3 is 2.71 bits per heavy atom. The van der Waals surface area contributed by atoms with Gasteiger partial charge in [0.05, 0.1) is 5.41 Å². The number of carbonyl (C=O) groups excluding carboxylic acids is 1. The van der Waals surface area contributed by atoms with Gasteiger partial charge in [-0.3, -0.25) is 9.59 Å². The number of hydrogen-bond donors (Lipinski definition) is 1. The zero-order chi connectivity index (χ0) is 15.0. The lowest BCUT2D eigenvalue weighted by Crippen LogP contribution is -2.46. The molecule has 1 aromatic carbocycles. The summed E-state index contributed by atoms with van der Waals surface area (Å²) in [6.45, 7) is 2.46. The van der Waals surface area contributed by atoms with Crippen molar-refractivity contribution in [2.75, 3.05) is 19.7 Å². The number of rotatable bonds is 2. The largest absolute Gasteiger partial charge is 0.485 e. The van der Waals surface area contributed by atoms with E-state index < -0.39 is 17.5 Å². The van der Waals surface area contributed by atoms with E-state index >= 15 is 0 Å². The number of hydrogen-bond acceptors (Lipinski definition) is 4. The Morgan fingerprint density at radius 2 is 2.05 bits per heavy atom. The Hall–Kier alpha value is -2.24. The van der Waals surface area contributed by atoms with Crippen molar-refractivity contribution in [1.82, 2.24) is 4.90 Å². The van der Waals surface area contributed by atoms with Gasteiger partial charge in [0.2, 0.25) is 6.10 Å². The summed E-state index contributed by atoms with van der Waals surface area (Å²) < 4.78 is 11.2. The minimum atomic E-state index is -0.872. The van der Waals surface area contributed by atoms with Crippen LogP contribution in [0.3, 0.4) is 0 Å². The monoisotopic (exact) mass is 291 g/mol. The number of aliphatic carboxylic acids is 1. The van der Waals surface area contributed by atoms with Crippen LogP contribution in [0.25, 0.3) is 0 Å². The van der Waals surface area contributed by atoms with Crippen molar-refractivity contribution >= 4 is 11.9 Å². The number of likely N-dealkylation sites (tertiary alicyclic amines) is 1. The van der Waals surface area contributed by atoms with Crippen molar-refractivity contribution < 1.29 is 24.2 Å². The van der Waals surface area contributed by atoms with Gasteiger partial charge in [-0.05, 0) is 25.5 Å². The molecule has 0 unspecified atom stereocenters. The molecule has 1 fully saturated rings. The van der Waals surface area contributed by atoms with Crippen LogP contribution in [-0.4, -0.2) is 47.7 Å². The molecule has 2 aliphatic rings. The van der Waals surface area contributed by atoms with Crippen LogP contribution in [0.2, 0.25) is 0 Å². The number of benzene rings is 1. The number of carboxylic acids is 1. The topological polar surface area (TPSA) is 76.1 Å². The van der Waals surface area contributed by atoms with Crippen LogP contribution in [0, 0.1) is 5.41 Å².